The zero-order chi connectivity index (χ0) is 11.4. The maximum Gasteiger partial charge on any atom is 0.105 e. The van der Waals surface area contributed by atoms with E-state index >= 15 is 0 Å². The molecule has 1 aliphatic heterocycles. The molecule has 0 aromatic carbocycles. The molecule has 0 spiro atoms. The number of hydrogen-bond acceptors (Lipinski definition) is 3. The van der Waals surface area contributed by atoms with Gasteiger partial charge in [0.05, 0.1) is 12.9 Å². The minimum absolute atomic E-state index is 0.275. The summed E-state index contributed by atoms with van der Waals surface area (Å²) in [7, 11) is 0. The van der Waals surface area contributed by atoms with Gasteiger partial charge in [-0.1, -0.05) is 12.8 Å². The normalized spacial score (nSPS) is 23.2. The molecule has 0 aliphatic carbocycles. The van der Waals surface area contributed by atoms with Crippen LogP contribution in [0, 0.1) is 6.92 Å². The summed E-state index contributed by atoms with van der Waals surface area (Å²) in [5.41, 5.74) is 1.25. The molecule has 1 N–H and O–H groups in total. The fourth-order valence-electron chi connectivity index (χ4n) is 2.45. The number of aliphatic hydroxyl groups is 1. The highest BCUT2D eigenvalue weighted by atomic mass is 16.3. The van der Waals surface area contributed by atoms with Crippen LogP contribution in [0.25, 0.3) is 0 Å². The molecule has 1 saturated heterocycles. The van der Waals surface area contributed by atoms with Crippen LogP contribution >= 0.6 is 0 Å². The number of hydrogen-bond donors (Lipinski definition) is 1. The van der Waals surface area contributed by atoms with Crippen molar-refractivity contribution in [2.75, 3.05) is 13.2 Å². The number of likely N-dealkylation sites (tertiary alicyclic amines) is 1. The van der Waals surface area contributed by atoms with Crippen LogP contribution in [-0.4, -0.2) is 29.2 Å². The molecule has 1 aliphatic rings. The highest BCUT2D eigenvalue weighted by Gasteiger charge is 2.21. The van der Waals surface area contributed by atoms with Gasteiger partial charge in [0, 0.05) is 18.2 Å². The molecular weight excluding hydrogens is 202 g/mol. The first-order valence-electron chi connectivity index (χ1n) is 6.19. The van der Waals surface area contributed by atoms with Crippen molar-refractivity contribution in [3.8, 4) is 0 Å². The zero-order valence-electron chi connectivity index (χ0n) is 9.98. The lowest BCUT2D eigenvalue weighted by molar-refractivity contribution is 0.118. The Morgan fingerprint density at radius 2 is 2.31 bits per heavy atom. The van der Waals surface area contributed by atoms with Crippen LogP contribution in [0.2, 0.25) is 0 Å². The first-order valence-corrected chi connectivity index (χ1v) is 6.19. The largest absolute Gasteiger partial charge is 0.469 e. The second-order valence-electron chi connectivity index (χ2n) is 4.66. The van der Waals surface area contributed by atoms with Gasteiger partial charge in [-0.25, -0.2) is 0 Å². The highest BCUT2D eigenvalue weighted by molar-refractivity contribution is 5.15. The Hall–Kier alpha value is -0.800. The Bertz CT molecular complexity index is 321. The standard InChI is InChI=1S/C13H21NO2/c1-11-12(6-8-16-11)9-14-7-4-2-3-5-13(14)10-15/h6,8,13,15H,2-5,7,9-10H2,1H3. The topological polar surface area (TPSA) is 36.6 Å². The van der Waals surface area contributed by atoms with E-state index in [1.54, 1.807) is 6.26 Å². The van der Waals surface area contributed by atoms with E-state index in [-0.39, 0.29) is 6.61 Å². The molecule has 0 amide bonds. The zero-order valence-corrected chi connectivity index (χ0v) is 9.98. The van der Waals surface area contributed by atoms with Gasteiger partial charge in [0.25, 0.3) is 0 Å². The first kappa shape index (κ1) is 11.7. The number of rotatable bonds is 3. The molecule has 2 heterocycles. The summed E-state index contributed by atoms with van der Waals surface area (Å²) in [4.78, 5) is 2.39. The Balaban J connectivity index is 2.03. The van der Waals surface area contributed by atoms with Crippen LogP contribution in [0.1, 0.15) is 37.0 Å². The lowest BCUT2D eigenvalue weighted by Gasteiger charge is -2.28. The van der Waals surface area contributed by atoms with Gasteiger partial charge < -0.3 is 9.52 Å². The summed E-state index contributed by atoms with van der Waals surface area (Å²) in [6.45, 7) is 4.28. The molecule has 1 unspecified atom stereocenters. The number of aryl methyl sites for hydroxylation is 1. The van der Waals surface area contributed by atoms with Crippen LogP contribution in [0.5, 0.6) is 0 Å². The van der Waals surface area contributed by atoms with Gasteiger partial charge in [-0.05, 0) is 32.4 Å². The van der Waals surface area contributed by atoms with E-state index in [0.717, 1.165) is 25.3 Å². The van der Waals surface area contributed by atoms with Gasteiger partial charge in [-0.2, -0.15) is 0 Å². The fourth-order valence-corrected chi connectivity index (χ4v) is 2.45. The Labute approximate surface area is 97.1 Å². The third-order valence-electron chi connectivity index (χ3n) is 3.55. The lowest BCUT2D eigenvalue weighted by Crippen LogP contribution is -2.36. The van der Waals surface area contributed by atoms with E-state index in [1.165, 1.54) is 24.8 Å². The molecule has 0 radical (unpaired) electrons. The van der Waals surface area contributed by atoms with Crippen molar-refractivity contribution < 1.29 is 9.52 Å². The summed E-state index contributed by atoms with van der Waals surface area (Å²) in [6.07, 6.45) is 6.64. The molecule has 3 heteroatoms. The molecule has 90 valence electrons. The van der Waals surface area contributed by atoms with Crippen molar-refractivity contribution in [2.24, 2.45) is 0 Å². The van der Waals surface area contributed by atoms with Crippen molar-refractivity contribution in [1.29, 1.82) is 0 Å². The summed E-state index contributed by atoms with van der Waals surface area (Å²) in [5.74, 6) is 1.00. The van der Waals surface area contributed by atoms with Crippen LogP contribution < -0.4 is 0 Å². The number of aliphatic hydroxyl groups excluding tert-OH is 1. The molecular formula is C13H21NO2. The average Bonchev–Trinajstić information content (AvgIpc) is 2.56. The SMILES string of the molecule is Cc1occc1CN1CCCCCC1CO. The Morgan fingerprint density at radius 3 is 3.00 bits per heavy atom. The minimum atomic E-state index is 0.275. The number of furan rings is 1. The maximum atomic E-state index is 9.42. The van der Waals surface area contributed by atoms with E-state index in [1.807, 2.05) is 13.0 Å². The van der Waals surface area contributed by atoms with E-state index in [2.05, 4.69) is 4.90 Å². The monoisotopic (exact) mass is 223 g/mol. The molecule has 2 rings (SSSR count). The molecule has 1 fully saturated rings. The first-order chi connectivity index (χ1) is 7.81. The van der Waals surface area contributed by atoms with E-state index in [0.29, 0.717) is 6.04 Å². The van der Waals surface area contributed by atoms with Gasteiger partial charge in [-0.15, -0.1) is 0 Å². The predicted octanol–water partition coefficient (Wildman–Crippen LogP) is 2.32. The minimum Gasteiger partial charge on any atom is -0.469 e. The fraction of sp³-hybridized carbons (Fsp3) is 0.692. The lowest BCUT2D eigenvalue weighted by atomic mass is 10.1. The van der Waals surface area contributed by atoms with Crippen molar-refractivity contribution in [3.63, 3.8) is 0 Å². The van der Waals surface area contributed by atoms with E-state index in [4.69, 9.17) is 4.42 Å². The number of nitrogens with zero attached hydrogens (tertiary/aromatic N) is 1. The average molecular weight is 223 g/mol. The summed E-state index contributed by atoms with van der Waals surface area (Å²) in [6, 6.07) is 2.37. The molecule has 3 nitrogen and oxygen atoms in total. The second-order valence-corrected chi connectivity index (χ2v) is 4.66. The van der Waals surface area contributed by atoms with E-state index in [9.17, 15) is 5.11 Å². The van der Waals surface area contributed by atoms with Crippen LogP contribution in [0.15, 0.2) is 16.7 Å². The molecule has 1 aromatic rings. The Kier molecular flexibility index (Phi) is 4.02. The van der Waals surface area contributed by atoms with Crippen molar-refractivity contribution in [3.05, 3.63) is 23.7 Å². The van der Waals surface area contributed by atoms with Crippen molar-refractivity contribution >= 4 is 0 Å². The maximum absolute atomic E-state index is 9.42. The van der Waals surface area contributed by atoms with Gasteiger partial charge in [-0.3, -0.25) is 4.90 Å². The molecule has 16 heavy (non-hydrogen) atoms. The van der Waals surface area contributed by atoms with Gasteiger partial charge in [0.2, 0.25) is 0 Å². The molecule has 0 bridgehead atoms. The second kappa shape index (κ2) is 5.51. The third kappa shape index (κ3) is 2.66. The highest BCUT2D eigenvalue weighted by Crippen LogP contribution is 2.20. The van der Waals surface area contributed by atoms with Crippen LogP contribution in [0.4, 0.5) is 0 Å². The molecule has 1 aromatic heterocycles. The molecule has 1 atom stereocenters. The smallest absolute Gasteiger partial charge is 0.105 e. The Morgan fingerprint density at radius 1 is 1.44 bits per heavy atom. The summed E-state index contributed by atoms with van der Waals surface area (Å²) >= 11 is 0. The van der Waals surface area contributed by atoms with Gasteiger partial charge >= 0.3 is 0 Å². The molecule has 0 saturated carbocycles. The van der Waals surface area contributed by atoms with Gasteiger partial charge in [0.15, 0.2) is 0 Å². The quantitative estimate of drug-likeness (QED) is 0.854. The van der Waals surface area contributed by atoms with Crippen LogP contribution in [-0.2, 0) is 6.54 Å². The predicted molar refractivity (Wildman–Crippen MR) is 63.2 cm³/mol. The van der Waals surface area contributed by atoms with Crippen molar-refractivity contribution in [1.82, 2.24) is 4.90 Å². The van der Waals surface area contributed by atoms with Gasteiger partial charge in [0.1, 0.15) is 5.76 Å². The van der Waals surface area contributed by atoms with Crippen molar-refractivity contribution in [2.45, 2.75) is 45.2 Å². The summed E-state index contributed by atoms with van der Waals surface area (Å²) in [5, 5.41) is 9.42. The summed E-state index contributed by atoms with van der Waals surface area (Å²) < 4.78 is 5.32. The third-order valence-corrected chi connectivity index (χ3v) is 3.55. The van der Waals surface area contributed by atoms with E-state index < -0.39 is 0 Å². The van der Waals surface area contributed by atoms with Crippen LogP contribution in [0.3, 0.4) is 0 Å².